The number of esters is 1. The van der Waals surface area contributed by atoms with Gasteiger partial charge in [0.25, 0.3) is 0 Å². The Labute approximate surface area is 79.2 Å². The van der Waals surface area contributed by atoms with E-state index in [2.05, 4.69) is 19.2 Å². The van der Waals surface area contributed by atoms with Crippen molar-refractivity contribution in [3.63, 3.8) is 0 Å². The monoisotopic (exact) mass is 183 g/mol. The third kappa shape index (κ3) is 2.31. The van der Waals surface area contributed by atoms with E-state index in [9.17, 15) is 4.79 Å². The van der Waals surface area contributed by atoms with Crippen LogP contribution in [0.25, 0.3) is 0 Å². The van der Waals surface area contributed by atoms with Crippen molar-refractivity contribution in [3.05, 3.63) is 11.1 Å². The molecule has 1 aliphatic heterocycles. The van der Waals surface area contributed by atoms with Crippen LogP contribution in [0.5, 0.6) is 0 Å². The Hall–Kier alpha value is -0.830. The summed E-state index contributed by atoms with van der Waals surface area (Å²) in [5, 5.41) is 3.18. The second-order valence-electron chi connectivity index (χ2n) is 3.58. The third-order valence-corrected chi connectivity index (χ3v) is 2.39. The SMILES string of the molecule is COC(=O)C1=C(C(C)C)CCNC1. The quantitative estimate of drug-likeness (QED) is 0.652. The average molecular weight is 183 g/mol. The maximum atomic E-state index is 11.4. The summed E-state index contributed by atoms with van der Waals surface area (Å²) in [5.74, 6) is 0.257. The van der Waals surface area contributed by atoms with Gasteiger partial charge in [-0.15, -0.1) is 0 Å². The fourth-order valence-corrected chi connectivity index (χ4v) is 1.66. The Balaban J connectivity index is 2.89. The summed E-state index contributed by atoms with van der Waals surface area (Å²) in [6.07, 6.45) is 0.960. The van der Waals surface area contributed by atoms with Gasteiger partial charge in [0, 0.05) is 6.54 Å². The number of nitrogens with one attached hydrogen (secondary N) is 1. The maximum absolute atomic E-state index is 11.4. The minimum atomic E-state index is -0.184. The molecule has 0 amide bonds. The molecule has 0 aromatic heterocycles. The molecular weight excluding hydrogens is 166 g/mol. The first-order valence-electron chi connectivity index (χ1n) is 4.67. The molecule has 13 heavy (non-hydrogen) atoms. The van der Waals surface area contributed by atoms with E-state index in [0.29, 0.717) is 12.5 Å². The molecule has 0 atom stereocenters. The molecule has 0 spiro atoms. The minimum absolute atomic E-state index is 0.184. The minimum Gasteiger partial charge on any atom is -0.466 e. The lowest BCUT2D eigenvalue weighted by Gasteiger charge is -2.22. The number of carbonyl (C=O) groups is 1. The Morgan fingerprint density at radius 2 is 2.23 bits per heavy atom. The van der Waals surface area contributed by atoms with Crippen molar-refractivity contribution >= 4 is 5.97 Å². The van der Waals surface area contributed by atoms with Crippen LogP contribution in [-0.4, -0.2) is 26.2 Å². The molecule has 0 aliphatic carbocycles. The van der Waals surface area contributed by atoms with Crippen molar-refractivity contribution in [2.45, 2.75) is 20.3 Å². The highest BCUT2D eigenvalue weighted by Gasteiger charge is 2.20. The van der Waals surface area contributed by atoms with Gasteiger partial charge in [-0.2, -0.15) is 0 Å². The van der Waals surface area contributed by atoms with Gasteiger partial charge in [0.05, 0.1) is 12.7 Å². The van der Waals surface area contributed by atoms with E-state index < -0.39 is 0 Å². The van der Waals surface area contributed by atoms with E-state index in [4.69, 9.17) is 4.74 Å². The van der Waals surface area contributed by atoms with Gasteiger partial charge in [0.2, 0.25) is 0 Å². The second-order valence-corrected chi connectivity index (χ2v) is 3.58. The van der Waals surface area contributed by atoms with Crippen LogP contribution in [0.4, 0.5) is 0 Å². The highest BCUT2D eigenvalue weighted by Crippen LogP contribution is 2.21. The van der Waals surface area contributed by atoms with Crippen LogP contribution >= 0.6 is 0 Å². The molecule has 3 nitrogen and oxygen atoms in total. The first kappa shape index (κ1) is 10.3. The molecule has 0 radical (unpaired) electrons. The number of methoxy groups -OCH3 is 1. The molecule has 1 aliphatic rings. The predicted molar refractivity (Wildman–Crippen MR) is 51.4 cm³/mol. The molecule has 0 unspecified atom stereocenters. The Morgan fingerprint density at radius 3 is 2.77 bits per heavy atom. The van der Waals surface area contributed by atoms with Gasteiger partial charge < -0.3 is 10.1 Å². The highest BCUT2D eigenvalue weighted by atomic mass is 16.5. The zero-order chi connectivity index (χ0) is 9.84. The topological polar surface area (TPSA) is 38.3 Å². The molecule has 3 heteroatoms. The van der Waals surface area contributed by atoms with Crippen molar-refractivity contribution in [2.24, 2.45) is 5.92 Å². The summed E-state index contributed by atoms with van der Waals surface area (Å²) >= 11 is 0. The Bertz CT molecular complexity index is 231. The number of hydrogen-bond acceptors (Lipinski definition) is 3. The van der Waals surface area contributed by atoms with Crippen LogP contribution in [0.2, 0.25) is 0 Å². The molecule has 1 heterocycles. The summed E-state index contributed by atoms with van der Waals surface area (Å²) in [6, 6.07) is 0. The first-order chi connectivity index (χ1) is 6.16. The normalized spacial score (nSPS) is 17.8. The molecule has 1 rings (SSSR count). The van der Waals surface area contributed by atoms with Crippen molar-refractivity contribution in [1.29, 1.82) is 0 Å². The lowest BCUT2D eigenvalue weighted by Crippen LogP contribution is -2.30. The fourth-order valence-electron chi connectivity index (χ4n) is 1.66. The summed E-state index contributed by atoms with van der Waals surface area (Å²) in [7, 11) is 1.43. The van der Waals surface area contributed by atoms with E-state index in [-0.39, 0.29) is 5.97 Å². The van der Waals surface area contributed by atoms with Crippen LogP contribution in [0, 0.1) is 5.92 Å². The molecule has 0 saturated heterocycles. The van der Waals surface area contributed by atoms with Gasteiger partial charge in [-0.3, -0.25) is 0 Å². The summed E-state index contributed by atoms with van der Waals surface area (Å²) in [4.78, 5) is 11.4. The number of rotatable bonds is 2. The summed E-state index contributed by atoms with van der Waals surface area (Å²) < 4.78 is 4.73. The van der Waals surface area contributed by atoms with E-state index in [1.807, 2.05) is 0 Å². The van der Waals surface area contributed by atoms with Gasteiger partial charge in [-0.05, 0) is 18.9 Å². The largest absolute Gasteiger partial charge is 0.466 e. The molecule has 0 fully saturated rings. The molecule has 0 aromatic rings. The van der Waals surface area contributed by atoms with Crippen molar-refractivity contribution in [3.8, 4) is 0 Å². The standard InChI is InChI=1S/C10H17NO2/c1-7(2)8-4-5-11-6-9(8)10(12)13-3/h7,11H,4-6H2,1-3H3. The highest BCUT2D eigenvalue weighted by molar-refractivity contribution is 5.90. The van der Waals surface area contributed by atoms with Crippen LogP contribution in [-0.2, 0) is 9.53 Å². The van der Waals surface area contributed by atoms with E-state index >= 15 is 0 Å². The molecule has 0 saturated carbocycles. The van der Waals surface area contributed by atoms with Crippen LogP contribution in [0.3, 0.4) is 0 Å². The van der Waals surface area contributed by atoms with Crippen LogP contribution < -0.4 is 5.32 Å². The zero-order valence-electron chi connectivity index (χ0n) is 8.52. The van der Waals surface area contributed by atoms with Crippen molar-refractivity contribution in [2.75, 3.05) is 20.2 Å². The van der Waals surface area contributed by atoms with Crippen molar-refractivity contribution < 1.29 is 9.53 Å². The van der Waals surface area contributed by atoms with Gasteiger partial charge in [0.15, 0.2) is 0 Å². The maximum Gasteiger partial charge on any atom is 0.335 e. The lowest BCUT2D eigenvalue weighted by molar-refractivity contribution is -0.136. The first-order valence-corrected chi connectivity index (χ1v) is 4.67. The number of hydrogen-bond donors (Lipinski definition) is 1. The Kier molecular flexibility index (Phi) is 3.48. The van der Waals surface area contributed by atoms with Gasteiger partial charge in [0.1, 0.15) is 0 Å². The van der Waals surface area contributed by atoms with Crippen LogP contribution in [0.15, 0.2) is 11.1 Å². The lowest BCUT2D eigenvalue weighted by atomic mass is 9.92. The molecule has 74 valence electrons. The number of carbonyl (C=O) groups excluding carboxylic acids is 1. The second kappa shape index (κ2) is 4.42. The summed E-state index contributed by atoms with van der Waals surface area (Å²) in [5.41, 5.74) is 2.06. The smallest absolute Gasteiger partial charge is 0.335 e. The fraction of sp³-hybridized carbons (Fsp3) is 0.700. The van der Waals surface area contributed by atoms with Gasteiger partial charge in [-0.25, -0.2) is 4.79 Å². The molecule has 0 bridgehead atoms. The zero-order valence-corrected chi connectivity index (χ0v) is 8.52. The average Bonchev–Trinajstić information content (AvgIpc) is 2.16. The molecular formula is C10H17NO2. The van der Waals surface area contributed by atoms with Crippen LogP contribution in [0.1, 0.15) is 20.3 Å². The Morgan fingerprint density at radius 1 is 1.54 bits per heavy atom. The van der Waals surface area contributed by atoms with Crippen molar-refractivity contribution in [1.82, 2.24) is 5.32 Å². The number of ether oxygens (including phenoxy) is 1. The van der Waals surface area contributed by atoms with E-state index in [1.54, 1.807) is 0 Å². The van der Waals surface area contributed by atoms with E-state index in [1.165, 1.54) is 12.7 Å². The van der Waals surface area contributed by atoms with Gasteiger partial charge in [-0.1, -0.05) is 19.4 Å². The summed E-state index contributed by atoms with van der Waals surface area (Å²) in [6.45, 7) is 5.85. The molecule has 0 aromatic carbocycles. The predicted octanol–water partition coefficient (Wildman–Crippen LogP) is 1.11. The third-order valence-electron chi connectivity index (χ3n) is 2.39. The molecule has 1 N–H and O–H groups in total. The van der Waals surface area contributed by atoms with Gasteiger partial charge >= 0.3 is 5.97 Å². The van der Waals surface area contributed by atoms with E-state index in [0.717, 1.165) is 18.5 Å².